The van der Waals surface area contributed by atoms with Gasteiger partial charge in [0.25, 0.3) is 5.56 Å². The van der Waals surface area contributed by atoms with Crippen LogP contribution < -0.4 is 15.2 Å². The third-order valence-corrected chi connectivity index (χ3v) is 4.94. The van der Waals surface area contributed by atoms with Crippen LogP contribution in [-0.2, 0) is 6.54 Å². The lowest BCUT2D eigenvalue weighted by molar-refractivity contribution is 0.277. The summed E-state index contributed by atoms with van der Waals surface area (Å²) in [7, 11) is 1.57. The summed E-state index contributed by atoms with van der Waals surface area (Å²) in [6.45, 7) is 1.50. The van der Waals surface area contributed by atoms with Gasteiger partial charge < -0.3 is 19.7 Å². The van der Waals surface area contributed by atoms with E-state index >= 15 is 0 Å². The van der Waals surface area contributed by atoms with Gasteiger partial charge in [-0.1, -0.05) is 18.2 Å². The minimum Gasteiger partial charge on any atom is -0.497 e. The summed E-state index contributed by atoms with van der Waals surface area (Å²) in [6.07, 6.45) is 0.731. The maximum atomic E-state index is 12.5. The molecule has 1 aromatic heterocycles. The Kier molecular flexibility index (Phi) is 4.34. The SMILES string of the molecule is COc1ccc2nc(CN3CC(CCO)c4ccccc43)[nH]c(=O)c2c1. The number of hydrogen-bond acceptors (Lipinski definition) is 5. The Morgan fingerprint density at radius 3 is 2.96 bits per heavy atom. The van der Waals surface area contributed by atoms with Gasteiger partial charge in [0.2, 0.25) is 0 Å². The van der Waals surface area contributed by atoms with E-state index < -0.39 is 0 Å². The van der Waals surface area contributed by atoms with Crippen LogP contribution in [0.3, 0.4) is 0 Å². The molecule has 0 amide bonds. The van der Waals surface area contributed by atoms with E-state index in [0.717, 1.165) is 18.7 Å². The fourth-order valence-corrected chi connectivity index (χ4v) is 3.68. The number of fused-ring (bicyclic) bond motifs is 2. The van der Waals surface area contributed by atoms with Crippen LogP contribution in [0.2, 0.25) is 0 Å². The number of H-pyrrole nitrogens is 1. The maximum Gasteiger partial charge on any atom is 0.258 e. The zero-order valence-corrected chi connectivity index (χ0v) is 14.6. The van der Waals surface area contributed by atoms with Crippen molar-refractivity contribution >= 4 is 16.6 Å². The topological polar surface area (TPSA) is 78.5 Å². The predicted molar refractivity (Wildman–Crippen MR) is 101 cm³/mol. The van der Waals surface area contributed by atoms with E-state index in [9.17, 15) is 9.90 Å². The number of benzene rings is 2. The van der Waals surface area contributed by atoms with Crippen LogP contribution in [-0.4, -0.2) is 35.3 Å². The van der Waals surface area contributed by atoms with E-state index in [1.807, 2.05) is 12.1 Å². The third kappa shape index (κ3) is 2.93. The molecule has 3 aromatic rings. The third-order valence-electron chi connectivity index (χ3n) is 4.94. The number of ether oxygens (including phenoxy) is 1. The maximum absolute atomic E-state index is 12.5. The predicted octanol–water partition coefficient (Wildman–Crippen LogP) is 2.42. The van der Waals surface area contributed by atoms with Crippen LogP contribution in [0.15, 0.2) is 47.3 Å². The van der Waals surface area contributed by atoms with Gasteiger partial charge in [-0.2, -0.15) is 0 Å². The smallest absolute Gasteiger partial charge is 0.258 e. The number of para-hydroxylation sites is 1. The average molecular weight is 351 g/mol. The number of nitrogens with one attached hydrogen (secondary N) is 1. The minimum atomic E-state index is -0.164. The Morgan fingerprint density at radius 1 is 1.31 bits per heavy atom. The van der Waals surface area contributed by atoms with Gasteiger partial charge in [-0.15, -0.1) is 0 Å². The number of methoxy groups -OCH3 is 1. The van der Waals surface area contributed by atoms with Gasteiger partial charge in [-0.3, -0.25) is 4.79 Å². The number of hydrogen-bond donors (Lipinski definition) is 2. The van der Waals surface area contributed by atoms with Crippen molar-refractivity contribution in [3.63, 3.8) is 0 Å². The Bertz CT molecular complexity index is 999. The molecule has 2 heterocycles. The van der Waals surface area contributed by atoms with Crippen LogP contribution in [0.4, 0.5) is 5.69 Å². The molecule has 0 saturated heterocycles. The minimum absolute atomic E-state index is 0.164. The second-order valence-electron chi connectivity index (χ2n) is 6.54. The van der Waals surface area contributed by atoms with Crippen LogP contribution in [0, 0.1) is 0 Å². The van der Waals surface area contributed by atoms with Crippen LogP contribution in [0.1, 0.15) is 23.7 Å². The van der Waals surface area contributed by atoms with Gasteiger partial charge in [0.05, 0.1) is 24.6 Å². The first-order valence-corrected chi connectivity index (χ1v) is 8.71. The van der Waals surface area contributed by atoms with Gasteiger partial charge >= 0.3 is 0 Å². The summed E-state index contributed by atoms with van der Waals surface area (Å²) in [4.78, 5) is 22.2. The summed E-state index contributed by atoms with van der Waals surface area (Å²) >= 11 is 0. The molecule has 0 saturated carbocycles. The van der Waals surface area contributed by atoms with Crippen molar-refractivity contribution < 1.29 is 9.84 Å². The van der Waals surface area contributed by atoms with Crippen molar-refractivity contribution in [2.75, 3.05) is 25.2 Å². The van der Waals surface area contributed by atoms with Crippen molar-refractivity contribution in [1.29, 1.82) is 0 Å². The molecule has 1 aliphatic rings. The highest BCUT2D eigenvalue weighted by atomic mass is 16.5. The lowest BCUT2D eigenvalue weighted by Gasteiger charge is -2.19. The Morgan fingerprint density at radius 2 is 2.15 bits per heavy atom. The van der Waals surface area contributed by atoms with Crippen LogP contribution in [0.25, 0.3) is 10.9 Å². The fourth-order valence-electron chi connectivity index (χ4n) is 3.68. The van der Waals surface area contributed by atoms with Crippen molar-refractivity contribution in [1.82, 2.24) is 9.97 Å². The first-order valence-electron chi connectivity index (χ1n) is 8.71. The number of rotatable bonds is 5. The highest BCUT2D eigenvalue weighted by Gasteiger charge is 2.28. The van der Waals surface area contributed by atoms with Crippen LogP contribution in [0.5, 0.6) is 5.75 Å². The molecule has 4 rings (SSSR count). The first kappa shape index (κ1) is 16.6. The summed E-state index contributed by atoms with van der Waals surface area (Å²) in [6, 6.07) is 13.5. The van der Waals surface area contributed by atoms with E-state index in [1.54, 1.807) is 25.3 Å². The molecule has 0 spiro atoms. The fraction of sp³-hybridized carbons (Fsp3) is 0.300. The number of aliphatic hydroxyl groups excluding tert-OH is 1. The summed E-state index contributed by atoms with van der Waals surface area (Å²) in [5.74, 6) is 1.57. The summed E-state index contributed by atoms with van der Waals surface area (Å²) < 4.78 is 5.18. The molecule has 0 fully saturated rings. The molecule has 6 nitrogen and oxygen atoms in total. The molecule has 6 heteroatoms. The molecule has 134 valence electrons. The Labute approximate surface area is 151 Å². The number of anilines is 1. The van der Waals surface area contributed by atoms with Gasteiger partial charge in [0, 0.05) is 24.8 Å². The van der Waals surface area contributed by atoms with E-state index in [1.165, 1.54) is 5.56 Å². The Balaban J connectivity index is 1.66. The normalized spacial score (nSPS) is 16.1. The molecular weight excluding hydrogens is 330 g/mol. The van der Waals surface area contributed by atoms with E-state index in [-0.39, 0.29) is 12.2 Å². The molecule has 2 N–H and O–H groups in total. The van der Waals surface area contributed by atoms with E-state index in [2.05, 4.69) is 27.0 Å². The highest BCUT2D eigenvalue weighted by Crippen LogP contribution is 2.38. The summed E-state index contributed by atoms with van der Waals surface area (Å²) in [5.41, 5.74) is 2.88. The zero-order chi connectivity index (χ0) is 18.1. The highest BCUT2D eigenvalue weighted by molar-refractivity contribution is 5.79. The van der Waals surface area contributed by atoms with Gasteiger partial charge in [0.15, 0.2) is 0 Å². The molecule has 1 aliphatic heterocycles. The number of aromatic amines is 1. The Hall–Kier alpha value is -2.86. The second kappa shape index (κ2) is 6.80. The lowest BCUT2D eigenvalue weighted by atomic mass is 9.99. The largest absolute Gasteiger partial charge is 0.497 e. The molecule has 0 radical (unpaired) electrons. The standard InChI is InChI=1S/C20H21N3O3/c1-26-14-6-7-17-16(10-14)20(25)22-19(21-17)12-23-11-13(8-9-24)15-4-2-3-5-18(15)23/h2-7,10,13,24H,8-9,11-12H2,1H3,(H,21,22,25). The zero-order valence-electron chi connectivity index (χ0n) is 14.6. The molecule has 26 heavy (non-hydrogen) atoms. The van der Waals surface area contributed by atoms with Crippen molar-refractivity contribution in [3.05, 3.63) is 64.2 Å². The number of nitrogens with zero attached hydrogens (tertiary/aromatic N) is 2. The summed E-state index contributed by atoms with van der Waals surface area (Å²) in [5, 5.41) is 9.86. The lowest BCUT2D eigenvalue weighted by Crippen LogP contribution is -2.25. The molecule has 0 bridgehead atoms. The van der Waals surface area contributed by atoms with Crippen molar-refractivity contribution in [2.45, 2.75) is 18.9 Å². The van der Waals surface area contributed by atoms with Gasteiger partial charge in [0.1, 0.15) is 11.6 Å². The quantitative estimate of drug-likeness (QED) is 0.738. The monoisotopic (exact) mass is 351 g/mol. The van der Waals surface area contributed by atoms with E-state index in [4.69, 9.17) is 4.74 Å². The van der Waals surface area contributed by atoms with Crippen molar-refractivity contribution in [3.8, 4) is 5.75 Å². The van der Waals surface area contributed by atoms with Crippen LogP contribution >= 0.6 is 0 Å². The van der Waals surface area contributed by atoms with E-state index in [0.29, 0.717) is 34.9 Å². The van der Waals surface area contributed by atoms with Gasteiger partial charge in [-0.25, -0.2) is 4.98 Å². The van der Waals surface area contributed by atoms with Gasteiger partial charge in [-0.05, 0) is 36.2 Å². The number of aromatic nitrogens is 2. The molecule has 1 atom stereocenters. The first-order chi connectivity index (χ1) is 12.7. The average Bonchev–Trinajstić information content (AvgIpc) is 3.00. The van der Waals surface area contributed by atoms with Crippen molar-refractivity contribution in [2.24, 2.45) is 0 Å². The molecule has 2 aromatic carbocycles. The molecule has 1 unspecified atom stereocenters. The molecule has 0 aliphatic carbocycles. The second-order valence-corrected chi connectivity index (χ2v) is 6.54. The molecular formula is C20H21N3O3. The number of aliphatic hydroxyl groups is 1.